The SMILES string of the molecule is O=C(COc1ccc(Cl)cc1Cl)NCc1cccnc1-c1cccnc1. The fraction of sp³-hybridized carbons (Fsp3) is 0.105. The van der Waals surface area contributed by atoms with E-state index in [1.807, 2.05) is 24.3 Å². The van der Waals surface area contributed by atoms with E-state index in [1.165, 1.54) is 0 Å². The lowest BCUT2D eigenvalue weighted by Gasteiger charge is -2.11. The van der Waals surface area contributed by atoms with Gasteiger partial charge in [-0.3, -0.25) is 14.8 Å². The third kappa shape index (κ3) is 4.71. The summed E-state index contributed by atoms with van der Waals surface area (Å²) in [6.07, 6.45) is 5.14. The smallest absolute Gasteiger partial charge is 0.258 e. The van der Waals surface area contributed by atoms with Crippen molar-refractivity contribution in [1.29, 1.82) is 0 Å². The summed E-state index contributed by atoms with van der Waals surface area (Å²) in [6.45, 7) is 0.179. The van der Waals surface area contributed by atoms with Crippen LogP contribution in [0.2, 0.25) is 10.0 Å². The molecule has 2 aromatic heterocycles. The van der Waals surface area contributed by atoms with Crippen LogP contribution in [-0.4, -0.2) is 22.5 Å². The van der Waals surface area contributed by atoms with Gasteiger partial charge in [0.1, 0.15) is 5.75 Å². The van der Waals surface area contributed by atoms with E-state index in [-0.39, 0.29) is 12.5 Å². The van der Waals surface area contributed by atoms with E-state index < -0.39 is 0 Å². The number of aromatic nitrogens is 2. The third-order valence-electron chi connectivity index (χ3n) is 3.55. The molecule has 0 spiro atoms. The predicted molar refractivity (Wildman–Crippen MR) is 101 cm³/mol. The highest BCUT2D eigenvalue weighted by atomic mass is 35.5. The molecular formula is C19H15Cl2N3O2. The zero-order chi connectivity index (χ0) is 18.4. The molecule has 0 saturated heterocycles. The first-order valence-electron chi connectivity index (χ1n) is 7.82. The second-order valence-electron chi connectivity index (χ2n) is 5.39. The third-order valence-corrected chi connectivity index (χ3v) is 4.09. The average Bonchev–Trinajstić information content (AvgIpc) is 2.66. The van der Waals surface area contributed by atoms with Gasteiger partial charge in [0, 0.05) is 35.7 Å². The molecule has 0 atom stereocenters. The molecule has 3 aromatic rings. The first kappa shape index (κ1) is 18.2. The Morgan fingerprint density at radius 3 is 2.73 bits per heavy atom. The molecular weight excluding hydrogens is 373 g/mol. The molecule has 132 valence electrons. The van der Waals surface area contributed by atoms with E-state index in [4.69, 9.17) is 27.9 Å². The Bertz CT molecular complexity index is 904. The van der Waals surface area contributed by atoms with Gasteiger partial charge < -0.3 is 10.1 Å². The highest BCUT2D eigenvalue weighted by Crippen LogP contribution is 2.27. The highest BCUT2D eigenvalue weighted by molar-refractivity contribution is 6.35. The van der Waals surface area contributed by atoms with E-state index in [9.17, 15) is 4.79 Å². The van der Waals surface area contributed by atoms with Gasteiger partial charge in [0.15, 0.2) is 6.61 Å². The number of nitrogens with one attached hydrogen (secondary N) is 1. The Morgan fingerprint density at radius 2 is 1.96 bits per heavy atom. The number of hydrogen-bond donors (Lipinski definition) is 1. The second-order valence-corrected chi connectivity index (χ2v) is 6.24. The standard InChI is InChI=1S/C19H15Cl2N3O2/c20-15-5-6-17(16(21)9-15)26-12-18(25)24-11-14-4-2-8-23-19(14)13-3-1-7-22-10-13/h1-10H,11-12H2,(H,24,25). The summed E-state index contributed by atoms with van der Waals surface area (Å²) < 4.78 is 5.43. The van der Waals surface area contributed by atoms with E-state index in [0.717, 1.165) is 16.8 Å². The van der Waals surface area contributed by atoms with Gasteiger partial charge >= 0.3 is 0 Å². The minimum absolute atomic E-state index is 0.149. The summed E-state index contributed by atoms with van der Waals surface area (Å²) >= 11 is 11.9. The van der Waals surface area contributed by atoms with Crippen LogP contribution in [0.5, 0.6) is 5.75 Å². The van der Waals surface area contributed by atoms with Crippen LogP contribution in [-0.2, 0) is 11.3 Å². The van der Waals surface area contributed by atoms with Gasteiger partial charge in [0.25, 0.3) is 5.91 Å². The van der Waals surface area contributed by atoms with Gasteiger partial charge in [-0.1, -0.05) is 29.3 Å². The number of nitrogens with zero attached hydrogens (tertiary/aromatic N) is 2. The van der Waals surface area contributed by atoms with Gasteiger partial charge in [-0.2, -0.15) is 0 Å². The number of carbonyl (C=O) groups excluding carboxylic acids is 1. The molecule has 5 nitrogen and oxygen atoms in total. The zero-order valence-corrected chi connectivity index (χ0v) is 15.2. The van der Waals surface area contributed by atoms with Gasteiger partial charge in [-0.25, -0.2) is 0 Å². The Morgan fingerprint density at radius 1 is 1.12 bits per heavy atom. The van der Waals surface area contributed by atoms with E-state index in [2.05, 4.69) is 15.3 Å². The molecule has 0 unspecified atom stereocenters. The fourth-order valence-electron chi connectivity index (χ4n) is 2.32. The van der Waals surface area contributed by atoms with Crippen molar-refractivity contribution in [3.05, 3.63) is 76.7 Å². The first-order chi connectivity index (χ1) is 12.6. The quantitative estimate of drug-likeness (QED) is 0.689. The number of pyridine rings is 2. The maximum absolute atomic E-state index is 12.1. The number of carbonyl (C=O) groups is 1. The van der Waals surface area contributed by atoms with Crippen LogP contribution in [0.1, 0.15) is 5.56 Å². The molecule has 1 aromatic carbocycles. The predicted octanol–water partition coefficient (Wildman–Crippen LogP) is 4.15. The van der Waals surface area contributed by atoms with Crippen molar-refractivity contribution >= 4 is 29.1 Å². The highest BCUT2D eigenvalue weighted by Gasteiger charge is 2.10. The lowest BCUT2D eigenvalue weighted by molar-refractivity contribution is -0.123. The van der Waals surface area contributed by atoms with Crippen molar-refractivity contribution in [2.45, 2.75) is 6.54 Å². The largest absolute Gasteiger partial charge is 0.482 e. The molecule has 3 rings (SSSR count). The van der Waals surface area contributed by atoms with Crippen LogP contribution in [0.15, 0.2) is 61.1 Å². The monoisotopic (exact) mass is 387 g/mol. The van der Waals surface area contributed by atoms with Gasteiger partial charge in [0.05, 0.1) is 10.7 Å². The molecule has 0 saturated carbocycles. The molecule has 26 heavy (non-hydrogen) atoms. The maximum Gasteiger partial charge on any atom is 0.258 e. The molecule has 0 aliphatic rings. The Labute approximate surface area is 161 Å². The van der Waals surface area contributed by atoms with E-state index in [0.29, 0.717) is 22.3 Å². The number of benzene rings is 1. The summed E-state index contributed by atoms with van der Waals surface area (Å²) in [5, 5.41) is 3.68. The molecule has 2 heterocycles. The molecule has 0 aliphatic heterocycles. The van der Waals surface area contributed by atoms with Crippen molar-refractivity contribution in [3.63, 3.8) is 0 Å². The summed E-state index contributed by atoms with van der Waals surface area (Å²) in [7, 11) is 0. The van der Waals surface area contributed by atoms with E-state index >= 15 is 0 Å². The van der Waals surface area contributed by atoms with Crippen LogP contribution in [0.4, 0.5) is 0 Å². The average molecular weight is 388 g/mol. The number of halogens is 2. The second kappa shape index (κ2) is 8.65. The number of rotatable bonds is 6. The van der Waals surface area contributed by atoms with Crippen molar-refractivity contribution < 1.29 is 9.53 Å². The molecule has 7 heteroatoms. The van der Waals surface area contributed by atoms with Crippen LogP contribution in [0.25, 0.3) is 11.3 Å². The number of ether oxygens (including phenoxy) is 1. The van der Waals surface area contributed by atoms with Crippen molar-refractivity contribution in [2.24, 2.45) is 0 Å². The topological polar surface area (TPSA) is 64.1 Å². The van der Waals surface area contributed by atoms with Crippen molar-refractivity contribution in [2.75, 3.05) is 6.61 Å². The lowest BCUT2D eigenvalue weighted by Crippen LogP contribution is -2.28. The van der Waals surface area contributed by atoms with Gasteiger partial charge in [0.2, 0.25) is 0 Å². The molecule has 0 aliphatic carbocycles. The number of hydrogen-bond acceptors (Lipinski definition) is 4. The fourth-order valence-corrected chi connectivity index (χ4v) is 2.79. The summed E-state index contributed by atoms with van der Waals surface area (Å²) in [4.78, 5) is 20.6. The van der Waals surface area contributed by atoms with Crippen molar-refractivity contribution in [1.82, 2.24) is 15.3 Å². The molecule has 0 radical (unpaired) electrons. The normalized spacial score (nSPS) is 10.4. The minimum atomic E-state index is -0.267. The lowest BCUT2D eigenvalue weighted by atomic mass is 10.1. The Hall–Kier alpha value is -2.63. The summed E-state index contributed by atoms with van der Waals surface area (Å²) in [5.41, 5.74) is 2.56. The molecule has 0 fully saturated rings. The number of amides is 1. The van der Waals surface area contributed by atoms with Crippen LogP contribution in [0.3, 0.4) is 0 Å². The molecule has 1 N–H and O–H groups in total. The zero-order valence-electron chi connectivity index (χ0n) is 13.7. The first-order valence-corrected chi connectivity index (χ1v) is 8.58. The van der Waals surface area contributed by atoms with Crippen LogP contribution < -0.4 is 10.1 Å². The van der Waals surface area contributed by atoms with Gasteiger partial charge in [-0.05, 0) is 42.0 Å². The minimum Gasteiger partial charge on any atom is -0.482 e. The van der Waals surface area contributed by atoms with Gasteiger partial charge in [-0.15, -0.1) is 0 Å². The molecule has 0 bridgehead atoms. The van der Waals surface area contributed by atoms with Crippen LogP contribution >= 0.6 is 23.2 Å². The Balaban J connectivity index is 1.60. The summed E-state index contributed by atoms with van der Waals surface area (Å²) in [5.74, 6) is 0.139. The molecule has 1 amide bonds. The van der Waals surface area contributed by atoms with Crippen LogP contribution in [0, 0.1) is 0 Å². The Kier molecular flexibility index (Phi) is 6.04. The summed E-state index contributed by atoms with van der Waals surface area (Å²) in [6, 6.07) is 12.3. The van der Waals surface area contributed by atoms with E-state index in [1.54, 1.807) is 36.8 Å². The maximum atomic E-state index is 12.1. The van der Waals surface area contributed by atoms with Crippen molar-refractivity contribution in [3.8, 4) is 17.0 Å².